The third-order valence-corrected chi connectivity index (χ3v) is 3.68. The summed E-state index contributed by atoms with van der Waals surface area (Å²) in [7, 11) is 2.17. The fraction of sp³-hybridized carbons (Fsp3) is 0.923. The number of likely N-dealkylation sites (N-methyl/N-ethyl adjacent to an activating group) is 2. The van der Waals surface area contributed by atoms with Gasteiger partial charge in [-0.05, 0) is 46.4 Å². The molecule has 0 saturated carbocycles. The van der Waals surface area contributed by atoms with Gasteiger partial charge in [-0.25, -0.2) is 0 Å². The van der Waals surface area contributed by atoms with Gasteiger partial charge in [0.1, 0.15) is 0 Å². The Bertz CT molecular complexity index is 259. The fourth-order valence-corrected chi connectivity index (χ4v) is 2.64. The van der Waals surface area contributed by atoms with Crippen molar-refractivity contribution >= 4 is 5.91 Å². The van der Waals surface area contributed by atoms with Gasteiger partial charge in [0.25, 0.3) is 0 Å². The van der Waals surface area contributed by atoms with Gasteiger partial charge in [0.2, 0.25) is 5.91 Å². The number of hydrogen-bond acceptors (Lipinski definition) is 4. The van der Waals surface area contributed by atoms with E-state index in [4.69, 9.17) is 5.73 Å². The zero-order valence-corrected chi connectivity index (χ0v) is 12.0. The Balaban J connectivity index is 2.42. The maximum Gasteiger partial charge on any atom is 0.234 e. The first-order valence-electron chi connectivity index (χ1n) is 6.99. The molecule has 0 bridgehead atoms. The van der Waals surface area contributed by atoms with Crippen LogP contribution < -0.4 is 11.1 Å². The Hall–Kier alpha value is -0.650. The summed E-state index contributed by atoms with van der Waals surface area (Å²) in [6.45, 7) is 9.36. The van der Waals surface area contributed by atoms with Crippen molar-refractivity contribution in [1.29, 1.82) is 0 Å². The predicted molar refractivity (Wildman–Crippen MR) is 74.4 cm³/mol. The number of hydrogen-bond donors (Lipinski definition) is 2. The Morgan fingerprint density at radius 3 is 2.83 bits per heavy atom. The molecule has 1 rings (SSSR count). The van der Waals surface area contributed by atoms with Crippen LogP contribution in [0.15, 0.2) is 0 Å². The van der Waals surface area contributed by atoms with Gasteiger partial charge in [-0.2, -0.15) is 0 Å². The van der Waals surface area contributed by atoms with Crippen LogP contribution in [0.4, 0.5) is 0 Å². The number of carbonyl (C=O) groups is 1. The normalized spacial score (nSPS) is 24.7. The van der Waals surface area contributed by atoms with E-state index >= 15 is 0 Å². The van der Waals surface area contributed by atoms with E-state index in [1.165, 1.54) is 6.42 Å². The lowest BCUT2D eigenvalue weighted by atomic mass is 10.1. The van der Waals surface area contributed by atoms with E-state index in [9.17, 15) is 4.79 Å². The SMILES string of the molecule is CCNC(CCN1CCCN(C)CC1C)C(N)=O. The fourth-order valence-electron chi connectivity index (χ4n) is 2.64. The van der Waals surface area contributed by atoms with Crippen molar-refractivity contribution in [3.63, 3.8) is 0 Å². The van der Waals surface area contributed by atoms with Crippen LogP contribution in [-0.2, 0) is 4.79 Å². The molecule has 1 aliphatic heterocycles. The maximum atomic E-state index is 11.3. The highest BCUT2D eigenvalue weighted by molar-refractivity contribution is 5.79. The van der Waals surface area contributed by atoms with Gasteiger partial charge in [-0.3, -0.25) is 9.69 Å². The number of rotatable bonds is 6. The summed E-state index contributed by atoms with van der Waals surface area (Å²) in [5.41, 5.74) is 5.40. The van der Waals surface area contributed by atoms with Gasteiger partial charge in [0.05, 0.1) is 6.04 Å². The van der Waals surface area contributed by atoms with Crippen LogP contribution in [0.1, 0.15) is 26.7 Å². The van der Waals surface area contributed by atoms with Gasteiger partial charge in [-0.1, -0.05) is 6.92 Å². The second-order valence-electron chi connectivity index (χ2n) is 5.30. The quantitative estimate of drug-likeness (QED) is 0.695. The van der Waals surface area contributed by atoms with E-state index in [1.807, 2.05) is 6.92 Å². The van der Waals surface area contributed by atoms with E-state index in [0.29, 0.717) is 6.04 Å². The molecule has 2 unspecified atom stereocenters. The molecule has 1 heterocycles. The monoisotopic (exact) mass is 256 g/mol. The molecule has 2 atom stereocenters. The van der Waals surface area contributed by atoms with E-state index in [2.05, 4.69) is 29.1 Å². The molecule has 0 aliphatic carbocycles. The highest BCUT2D eigenvalue weighted by atomic mass is 16.1. The summed E-state index contributed by atoms with van der Waals surface area (Å²) in [6.07, 6.45) is 2.00. The van der Waals surface area contributed by atoms with Gasteiger partial charge in [0, 0.05) is 19.1 Å². The molecule has 0 aromatic carbocycles. The predicted octanol–water partition coefficient (Wildman–Crippen LogP) is -0.134. The van der Waals surface area contributed by atoms with Crippen molar-refractivity contribution < 1.29 is 4.79 Å². The third kappa shape index (κ3) is 4.92. The van der Waals surface area contributed by atoms with Crippen LogP contribution in [0, 0.1) is 0 Å². The average Bonchev–Trinajstić information content (AvgIpc) is 2.45. The third-order valence-electron chi connectivity index (χ3n) is 3.68. The molecule has 0 spiro atoms. The van der Waals surface area contributed by atoms with Crippen LogP contribution in [0.2, 0.25) is 0 Å². The summed E-state index contributed by atoms with van der Waals surface area (Å²) in [5, 5.41) is 3.15. The van der Waals surface area contributed by atoms with E-state index in [0.717, 1.165) is 39.1 Å². The van der Waals surface area contributed by atoms with Gasteiger partial charge in [-0.15, -0.1) is 0 Å². The minimum absolute atomic E-state index is 0.191. The maximum absolute atomic E-state index is 11.3. The molecular weight excluding hydrogens is 228 g/mol. The van der Waals surface area contributed by atoms with E-state index in [1.54, 1.807) is 0 Å². The van der Waals surface area contributed by atoms with Crippen molar-refractivity contribution in [2.45, 2.75) is 38.8 Å². The first-order chi connectivity index (χ1) is 8.54. The number of carbonyl (C=O) groups excluding carboxylic acids is 1. The summed E-state index contributed by atoms with van der Waals surface area (Å²) >= 11 is 0. The zero-order valence-electron chi connectivity index (χ0n) is 12.0. The molecular formula is C13H28N4O. The van der Waals surface area contributed by atoms with Crippen molar-refractivity contribution in [3.8, 4) is 0 Å². The van der Waals surface area contributed by atoms with Crippen LogP contribution in [0.25, 0.3) is 0 Å². The zero-order chi connectivity index (χ0) is 13.5. The molecule has 1 aliphatic rings. The lowest BCUT2D eigenvalue weighted by molar-refractivity contribution is -0.120. The number of amides is 1. The largest absolute Gasteiger partial charge is 0.368 e. The number of primary amides is 1. The van der Waals surface area contributed by atoms with Gasteiger partial charge in [0.15, 0.2) is 0 Å². The first kappa shape index (κ1) is 15.4. The minimum Gasteiger partial charge on any atom is -0.368 e. The van der Waals surface area contributed by atoms with Crippen LogP contribution in [0.3, 0.4) is 0 Å². The summed E-state index contributed by atoms with van der Waals surface area (Å²) in [6, 6.07) is 0.357. The van der Waals surface area contributed by atoms with Crippen molar-refractivity contribution in [2.24, 2.45) is 5.73 Å². The van der Waals surface area contributed by atoms with Crippen LogP contribution in [-0.4, -0.2) is 67.6 Å². The topological polar surface area (TPSA) is 61.6 Å². The highest BCUT2D eigenvalue weighted by Gasteiger charge is 2.21. The Morgan fingerprint density at radius 1 is 1.50 bits per heavy atom. The Morgan fingerprint density at radius 2 is 2.22 bits per heavy atom. The van der Waals surface area contributed by atoms with Crippen LogP contribution >= 0.6 is 0 Å². The lowest BCUT2D eigenvalue weighted by Crippen LogP contribution is -2.45. The molecule has 1 amide bonds. The first-order valence-corrected chi connectivity index (χ1v) is 6.99. The second-order valence-corrected chi connectivity index (χ2v) is 5.30. The number of nitrogens with one attached hydrogen (secondary N) is 1. The minimum atomic E-state index is -0.239. The molecule has 18 heavy (non-hydrogen) atoms. The van der Waals surface area contributed by atoms with Gasteiger partial charge < -0.3 is 16.0 Å². The average molecular weight is 256 g/mol. The van der Waals surface area contributed by atoms with Gasteiger partial charge >= 0.3 is 0 Å². The van der Waals surface area contributed by atoms with Crippen molar-refractivity contribution in [3.05, 3.63) is 0 Å². The van der Waals surface area contributed by atoms with Crippen molar-refractivity contribution in [1.82, 2.24) is 15.1 Å². The molecule has 0 radical (unpaired) electrons. The number of nitrogens with zero attached hydrogens (tertiary/aromatic N) is 2. The highest BCUT2D eigenvalue weighted by Crippen LogP contribution is 2.09. The summed E-state index contributed by atoms with van der Waals surface area (Å²) in [4.78, 5) is 16.1. The Kier molecular flexibility index (Phi) is 6.60. The van der Waals surface area contributed by atoms with E-state index in [-0.39, 0.29) is 11.9 Å². The molecule has 106 valence electrons. The molecule has 5 nitrogen and oxygen atoms in total. The molecule has 0 aromatic rings. The van der Waals surface area contributed by atoms with E-state index < -0.39 is 0 Å². The summed E-state index contributed by atoms with van der Waals surface area (Å²) < 4.78 is 0. The summed E-state index contributed by atoms with van der Waals surface area (Å²) in [5.74, 6) is -0.239. The molecule has 5 heteroatoms. The van der Waals surface area contributed by atoms with Crippen molar-refractivity contribution in [2.75, 3.05) is 39.8 Å². The smallest absolute Gasteiger partial charge is 0.234 e. The molecule has 3 N–H and O–H groups in total. The molecule has 0 aromatic heterocycles. The molecule has 1 saturated heterocycles. The Labute approximate surface area is 111 Å². The lowest BCUT2D eigenvalue weighted by Gasteiger charge is -2.29. The molecule has 1 fully saturated rings. The number of nitrogens with two attached hydrogens (primary N) is 1. The second kappa shape index (κ2) is 7.71. The standard InChI is InChI=1S/C13H28N4O/c1-4-15-12(13(14)18)6-9-17-8-5-7-16(3)10-11(17)2/h11-12,15H,4-10H2,1-3H3,(H2,14,18). The van der Waals surface area contributed by atoms with Crippen LogP contribution in [0.5, 0.6) is 0 Å².